The molecule has 1 heterocycles. The normalized spacial score (nSPS) is 15.0. The van der Waals surface area contributed by atoms with Gasteiger partial charge >= 0.3 is 0 Å². The molecule has 0 atom stereocenters. The van der Waals surface area contributed by atoms with Crippen molar-refractivity contribution in [1.82, 2.24) is 4.90 Å². The van der Waals surface area contributed by atoms with E-state index in [1.54, 1.807) is 0 Å². The Balaban J connectivity index is 2.43. The largest absolute Gasteiger partial charge is 0.396 e. The number of hydrogen-bond acceptors (Lipinski definition) is 4. The summed E-state index contributed by atoms with van der Waals surface area (Å²) in [6.07, 6.45) is 1.73. The van der Waals surface area contributed by atoms with Crippen LogP contribution in [0.4, 0.5) is 0 Å². The summed E-state index contributed by atoms with van der Waals surface area (Å²) in [5.74, 6) is -0.0353. The van der Waals surface area contributed by atoms with Gasteiger partial charge in [-0.15, -0.1) is 11.8 Å². The Hall–Kier alpha value is -1.59. The van der Waals surface area contributed by atoms with Crippen molar-refractivity contribution >= 4 is 29.1 Å². The van der Waals surface area contributed by atoms with Crippen LogP contribution >= 0.6 is 11.8 Å². The highest BCUT2D eigenvalue weighted by Gasteiger charge is 2.38. The third-order valence-electron chi connectivity index (χ3n) is 3.99. The summed E-state index contributed by atoms with van der Waals surface area (Å²) in [7, 11) is 0. The van der Waals surface area contributed by atoms with Crippen LogP contribution in [0, 0.1) is 13.8 Å². The number of aliphatic hydroxyl groups excluding tert-OH is 1. The summed E-state index contributed by atoms with van der Waals surface area (Å²) in [5, 5.41) is 9.07. The minimum absolute atomic E-state index is 0.0230. The molecule has 0 unspecified atom stereocenters. The van der Waals surface area contributed by atoms with Crippen LogP contribution in [-0.4, -0.2) is 40.7 Å². The van der Waals surface area contributed by atoms with Gasteiger partial charge in [-0.05, 0) is 37.0 Å². The number of imide groups is 1. The molecule has 0 saturated heterocycles. The first kappa shape index (κ1) is 17.8. The Morgan fingerprint density at radius 3 is 2.48 bits per heavy atom. The summed E-state index contributed by atoms with van der Waals surface area (Å²) < 4.78 is 0. The maximum atomic E-state index is 12.8. The fraction of sp³-hybridized carbons (Fsp3) is 0.444. The third kappa shape index (κ3) is 3.67. The van der Waals surface area contributed by atoms with Crippen LogP contribution in [0.1, 0.15) is 36.5 Å². The second kappa shape index (κ2) is 7.79. The average Bonchev–Trinajstić information content (AvgIpc) is 2.76. The van der Waals surface area contributed by atoms with Crippen LogP contribution < -0.4 is 0 Å². The Morgan fingerprint density at radius 1 is 1.13 bits per heavy atom. The van der Waals surface area contributed by atoms with Crippen molar-refractivity contribution < 1.29 is 14.7 Å². The van der Waals surface area contributed by atoms with Gasteiger partial charge in [0.15, 0.2) is 0 Å². The lowest BCUT2D eigenvalue weighted by Gasteiger charge is -2.14. The molecular formula is C18H23NO3S. The smallest absolute Gasteiger partial charge is 0.267 e. The summed E-state index contributed by atoms with van der Waals surface area (Å²) >= 11 is 1.26. The summed E-state index contributed by atoms with van der Waals surface area (Å²) in [6, 6.07) is 5.82. The van der Waals surface area contributed by atoms with Gasteiger partial charge in [-0.1, -0.05) is 31.5 Å². The summed E-state index contributed by atoms with van der Waals surface area (Å²) in [4.78, 5) is 27.2. The Bertz CT molecular complexity index is 652. The van der Waals surface area contributed by atoms with Gasteiger partial charge in [0.1, 0.15) is 0 Å². The molecule has 2 amide bonds. The van der Waals surface area contributed by atoms with E-state index in [2.05, 4.69) is 0 Å². The van der Waals surface area contributed by atoms with Crippen LogP contribution in [0.2, 0.25) is 0 Å². The predicted octanol–water partition coefficient (Wildman–Crippen LogP) is 2.91. The van der Waals surface area contributed by atoms with Gasteiger partial charge in [-0.25, -0.2) is 0 Å². The topological polar surface area (TPSA) is 57.6 Å². The number of hydrogen-bond donors (Lipinski definition) is 1. The lowest BCUT2D eigenvalue weighted by Crippen LogP contribution is -2.32. The van der Waals surface area contributed by atoms with E-state index in [4.69, 9.17) is 5.11 Å². The van der Waals surface area contributed by atoms with Crippen LogP contribution in [-0.2, 0) is 9.59 Å². The van der Waals surface area contributed by atoms with Gasteiger partial charge in [0.2, 0.25) is 0 Å². The van der Waals surface area contributed by atoms with Crippen molar-refractivity contribution in [2.75, 3.05) is 18.9 Å². The molecule has 1 aliphatic rings. The fourth-order valence-corrected chi connectivity index (χ4v) is 3.38. The quantitative estimate of drug-likeness (QED) is 0.780. The van der Waals surface area contributed by atoms with Crippen LogP contribution in [0.15, 0.2) is 23.1 Å². The van der Waals surface area contributed by atoms with E-state index in [1.165, 1.54) is 16.7 Å². The van der Waals surface area contributed by atoms with E-state index >= 15 is 0 Å². The number of carbonyl (C=O) groups is 2. The van der Waals surface area contributed by atoms with Crippen molar-refractivity contribution in [3.05, 3.63) is 39.8 Å². The summed E-state index contributed by atoms with van der Waals surface area (Å²) in [5.41, 5.74) is 3.51. The molecule has 0 radical (unpaired) electrons. The highest BCUT2D eigenvalue weighted by molar-refractivity contribution is 8.04. The van der Waals surface area contributed by atoms with Crippen LogP contribution in [0.25, 0.3) is 5.57 Å². The molecule has 0 bridgehead atoms. The second-order valence-electron chi connectivity index (χ2n) is 5.69. The van der Waals surface area contributed by atoms with Crippen LogP contribution in [0.3, 0.4) is 0 Å². The number of benzene rings is 1. The molecule has 0 aliphatic carbocycles. The minimum Gasteiger partial charge on any atom is -0.396 e. The minimum atomic E-state index is -0.227. The number of unbranched alkanes of at least 4 members (excludes halogenated alkanes) is 1. The fourth-order valence-electron chi connectivity index (χ4n) is 2.51. The molecule has 1 aliphatic heterocycles. The lowest BCUT2D eigenvalue weighted by atomic mass is 10.0. The first-order chi connectivity index (χ1) is 11.0. The van der Waals surface area contributed by atoms with Crippen molar-refractivity contribution in [3.63, 3.8) is 0 Å². The number of rotatable bonds is 7. The number of thioether (sulfide) groups is 1. The number of aryl methyl sites for hydroxylation is 2. The zero-order chi connectivity index (χ0) is 17.0. The lowest BCUT2D eigenvalue weighted by molar-refractivity contribution is -0.136. The van der Waals surface area contributed by atoms with E-state index in [9.17, 15) is 9.59 Å². The number of nitrogens with zero attached hydrogens (tertiary/aromatic N) is 1. The molecule has 124 valence electrons. The van der Waals surface area contributed by atoms with Crippen molar-refractivity contribution in [1.29, 1.82) is 0 Å². The van der Waals surface area contributed by atoms with E-state index in [0.717, 1.165) is 29.5 Å². The maximum absolute atomic E-state index is 12.8. The SMILES string of the molecule is CCCCN1C(=O)C(SCCO)=C(c2ccc(C)c(C)c2)C1=O. The molecule has 23 heavy (non-hydrogen) atoms. The third-order valence-corrected chi connectivity index (χ3v) is 5.05. The van der Waals surface area contributed by atoms with E-state index in [0.29, 0.717) is 22.8 Å². The number of aliphatic hydroxyl groups is 1. The molecule has 5 heteroatoms. The average molecular weight is 333 g/mol. The zero-order valence-electron chi connectivity index (χ0n) is 13.9. The molecular weight excluding hydrogens is 310 g/mol. The van der Waals surface area contributed by atoms with E-state index < -0.39 is 0 Å². The van der Waals surface area contributed by atoms with Gasteiger partial charge in [0, 0.05) is 12.3 Å². The Labute approximate surface area is 141 Å². The number of amides is 2. The number of carbonyl (C=O) groups excluding carboxylic acids is 2. The van der Waals surface area contributed by atoms with Gasteiger partial charge in [0.25, 0.3) is 11.8 Å². The predicted molar refractivity (Wildman–Crippen MR) is 94.0 cm³/mol. The zero-order valence-corrected chi connectivity index (χ0v) is 14.7. The van der Waals surface area contributed by atoms with Gasteiger partial charge in [0.05, 0.1) is 17.1 Å². The molecule has 4 nitrogen and oxygen atoms in total. The molecule has 0 fully saturated rings. The molecule has 1 N–H and O–H groups in total. The van der Waals surface area contributed by atoms with Crippen molar-refractivity contribution in [2.45, 2.75) is 33.6 Å². The van der Waals surface area contributed by atoms with Gasteiger partial charge in [-0.2, -0.15) is 0 Å². The van der Waals surface area contributed by atoms with E-state index in [-0.39, 0.29) is 18.4 Å². The van der Waals surface area contributed by atoms with Gasteiger partial charge < -0.3 is 5.11 Å². The standard InChI is InChI=1S/C18H23NO3S/c1-4-5-8-19-17(21)15(16(18(19)22)23-10-9-20)14-7-6-12(2)13(3)11-14/h6-7,11,20H,4-5,8-10H2,1-3H3. The molecule has 1 aromatic rings. The Kier molecular flexibility index (Phi) is 6.02. The first-order valence-electron chi connectivity index (χ1n) is 7.93. The molecule has 1 aromatic carbocycles. The van der Waals surface area contributed by atoms with Crippen LogP contribution in [0.5, 0.6) is 0 Å². The van der Waals surface area contributed by atoms with Crippen molar-refractivity contribution in [2.24, 2.45) is 0 Å². The maximum Gasteiger partial charge on any atom is 0.267 e. The molecule has 0 aromatic heterocycles. The first-order valence-corrected chi connectivity index (χ1v) is 8.91. The highest BCUT2D eigenvalue weighted by Crippen LogP contribution is 2.36. The van der Waals surface area contributed by atoms with Crippen molar-refractivity contribution in [3.8, 4) is 0 Å². The van der Waals surface area contributed by atoms with E-state index in [1.807, 2.05) is 39.0 Å². The van der Waals surface area contributed by atoms with Gasteiger partial charge in [-0.3, -0.25) is 14.5 Å². The molecule has 0 spiro atoms. The monoisotopic (exact) mass is 333 g/mol. The second-order valence-corrected chi connectivity index (χ2v) is 6.80. The Morgan fingerprint density at radius 2 is 1.87 bits per heavy atom. The molecule has 0 saturated carbocycles. The summed E-state index contributed by atoms with van der Waals surface area (Å²) in [6.45, 7) is 6.47. The highest BCUT2D eigenvalue weighted by atomic mass is 32.2. The molecule has 2 rings (SSSR count).